The summed E-state index contributed by atoms with van der Waals surface area (Å²) >= 11 is 0. The lowest BCUT2D eigenvalue weighted by molar-refractivity contribution is -0.125. The molecule has 0 saturated carbocycles. The number of amides is 1. The fourth-order valence-electron chi connectivity index (χ4n) is 3.64. The number of carbonyl (C=O) groups excluding carboxylic acids is 1. The van der Waals surface area contributed by atoms with Crippen LogP contribution < -0.4 is 25.6 Å². The standard InChI is InChI=1S/C18H28N4O3/c1-11-14(12(2)21-20-11)7-8-19-18(23)17(22(3)4)13-5-6-15-16(9-13)25-10-24-15/h5-6,9,11-12,14,17,20-21H,7-8,10H2,1-4H3,(H,19,23). The van der Waals surface area contributed by atoms with E-state index in [-0.39, 0.29) is 18.7 Å². The van der Waals surface area contributed by atoms with Crippen molar-refractivity contribution in [3.05, 3.63) is 23.8 Å². The number of hydrogen-bond acceptors (Lipinski definition) is 6. The molecule has 3 unspecified atom stereocenters. The summed E-state index contributed by atoms with van der Waals surface area (Å²) < 4.78 is 10.8. The van der Waals surface area contributed by atoms with Crippen LogP contribution in [0.15, 0.2) is 18.2 Å². The highest BCUT2D eigenvalue weighted by atomic mass is 16.7. The summed E-state index contributed by atoms with van der Waals surface area (Å²) in [6, 6.07) is 6.13. The number of nitrogens with one attached hydrogen (secondary N) is 3. The highest BCUT2D eigenvalue weighted by Crippen LogP contribution is 2.35. The molecule has 3 N–H and O–H groups in total. The molecule has 1 aromatic carbocycles. The van der Waals surface area contributed by atoms with Gasteiger partial charge in [-0.25, -0.2) is 0 Å². The number of benzene rings is 1. The number of hydrazine groups is 1. The maximum Gasteiger partial charge on any atom is 0.241 e. The number of ether oxygens (including phenoxy) is 2. The Balaban J connectivity index is 1.61. The Morgan fingerprint density at radius 3 is 2.60 bits per heavy atom. The van der Waals surface area contributed by atoms with E-state index in [2.05, 4.69) is 30.0 Å². The van der Waals surface area contributed by atoms with Gasteiger partial charge in [0.15, 0.2) is 11.5 Å². The van der Waals surface area contributed by atoms with Crippen molar-refractivity contribution < 1.29 is 14.3 Å². The summed E-state index contributed by atoms with van der Waals surface area (Å²) in [5.41, 5.74) is 7.40. The number of carbonyl (C=O) groups is 1. The summed E-state index contributed by atoms with van der Waals surface area (Å²) in [4.78, 5) is 14.7. The third kappa shape index (κ3) is 3.89. The van der Waals surface area contributed by atoms with Crippen molar-refractivity contribution in [3.8, 4) is 11.5 Å². The largest absolute Gasteiger partial charge is 0.454 e. The molecule has 138 valence electrons. The minimum absolute atomic E-state index is 0.00286. The van der Waals surface area contributed by atoms with Gasteiger partial charge in [-0.05, 0) is 58.0 Å². The number of fused-ring (bicyclic) bond motifs is 1. The average molecular weight is 348 g/mol. The fourth-order valence-corrected chi connectivity index (χ4v) is 3.64. The van der Waals surface area contributed by atoms with Crippen molar-refractivity contribution in [2.45, 2.75) is 38.4 Å². The Kier molecular flexibility index (Phi) is 5.46. The molecule has 25 heavy (non-hydrogen) atoms. The molecule has 1 aromatic rings. The second kappa shape index (κ2) is 7.59. The maximum absolute atomic E-state index is 12.8. The first-order chi connectivity index (χ1) is 12.0. The van der Waals surface area contributed by atoms with Crippen LogP contribution in [0.2, 0.25) is 0 Å². The lowest BCUT2D eigenvalue weighted by atomic mass is 9.93. The minimum Gasteiger partial charge on any atom is -0.454 e. The Hall–Kier alpha value is -1.83. The van der Waals surface area contributed by atoms with E-state index in [1.54, 1.807) is 0 Å². The number of hydrogen-bond donors (Lipinski definition) is 3. The normalized spacial score (nSPS) is 26.0. The molecule has 1 saturated heterocycles. The summed E-state index contributed by atoms with van der Waals surface area (Å²) in [6.45, 7) is 5.23. The van der Waals surface area contributed by atoms with Crippen LogP contribution in [-0.2, 0) is 4.79 Å². The van der Waals surface area contributed by atoms with Crippen molar-refractivity contribution in [1.29, 1.82) is 0 Å². The predicted octanol–water partition coefficient (Wildman–Crippen LogP) is 1.03. The first kappa shape index (κ1) is 18.0. The van der Waals surface area contributed by atoms with Crippen molar-refractivity contribution in [2.24, 2.45) is 5.92 Å². The van der Waals surface area contributed by atoms with Crippen LogP contribution in [0.3, 0.4) is 0 Å². The van der Waals surface area contributed by atoms with Crippen molar-refractivity contribution in [2.75, 3.05) is 27.4 Å². The Morgan fingerprint density at radius 1 is 1.24 bits per heavy atom. The lowest BCUT2D eigenvalue weighted by Crippen LogP contribution is -2.38. The summed E-state index contributed by atoms with van der Waals surface area (Å²) in [7, 11) is 3.81. The first-order valence-electron chi connectivity index (χ1n) is 8.82. The van der Waals surface area contributed by atoms with E-state index < -0.39 is 0 Å². The van der Waals surface area contributed by atoms with Crippen LogP contribution in [0.5, 0.6) is 11.5 Å². The van der Waals surface area contributed by atoms with Crippen molar-refractivity contribution in [1.82, 2.24) is 21.1 Å². The topological polar surface area (TPSA) is 74.9 Å². The summed E-state index contributed by atoms with van der Waals surface area (Å²) in [6.07, 6.45) is 0.940. The van der Waals surface area contributed by atoms with Gasteiger partial charge in [-0.3, -0.25) is 20.5 Å². The summed E-state index contributed by atoms with van der Waals surface area (Å²) in [5.74, 6) is 1.93. The van der Waals surface area contributed by atoms with Gasteiger partial charge in [0.25, 0.3) is 0 Å². The Bertz CT molecular complexity index is 612. The van der Waals surface area contributed by atoms with Gasteiger partial charge in [-0.2, -0.15) is 0 Å². The monoisotopic (exact) mass is 348 g/mol. The molecule has 2 heterocycles. The lowest BCUT2D eigenvalue weighted by Gasteiger charge is -2.25. The van der Waals surface area contributed by atoms with Gasteiger partial charge >= 0.3 is 0 Å². The fraction of sp³-hybridized carbons (Fsp3) is 0.611. The van der Waals surface area contributed by atoms with Crippen molar-refractivity contribution >= 4 is 5.91 Å². The van der Waals surface area contributed by atoms with Crippen LogP contribution in [0.4, 0.5) is 0 Å². The molecule has 2 aliphatic rings. The van der Waals surface area contributed by atoms with Crippen LogP contribution in [0.25, 0.3) is 0 Å². The smallest absolute Gasteiger partial charge is 0.241 e. The van der Waals surface area contributed by atoms with Crippen LogP contribution in [0.1, 0.15) is 31.9 Å². The second-order valence-electron chi connectivity index (χ2n) is 7.09. The van der Waals surface area contributed by atoms with Gasteiger partial charge in [-0.1, -0.05) is 6.07 Å². The third-order valence-electron chi connectivity index (χ3n) is 5.08. The van der Waals surface area contributed by atoms with E-state index in [0.717, 1.165) is 17.7 Å². The molecule has 0 bridgehead atoms. The van der Waals surface area contributed by atoms with Gasteiger partial charge in [0.1, 0.15) is 6.04 Å². The Labute approximate surface area is 149 Å². The van der Waals surface area contributed by atoms with E-state index in [0.29, 0.717) is 30.3 Å². The molecular formula is C18H28N4O3. The number of nitrogens with zero attached hydrogens (tertiary/aromatic N) is 1. The first-order valence-corrected chi connectivity index (χ1v) is 8.82. The highest BCUT2D eigenvalue weighted by molar-refractivity contribution is 5.83. The van der Waals surface area contributed by atoms with Gasteiger partial charge < -0.3 is 14.8 Å². The minimum atomic E-state index is -0.357. The molecule has 3 atom stereocenters. The predicted molar refractivity (Wildman–Crippen MR) is 95.3 cm³/mol. The molecule has 3 rings (SSSR count). The molecule has 0 aliphatic carbocycles. The third-order valence-corrected chi connectivity index (χ3v) is 5.08. The zero-order valence-electron chi connectivity index (χ0n) is 15.3. The molecule has 2 aliphatic heterocycles. The molecule has 1 amide bonds. The van der Waals surface area contributed by atoms with Crippen LogP contribution in [-0.4, -0.2) is 50.3 Å². The molecule has 7 heteroatoms. The van der Waals surface area contributed by atoms with E-state index in [1.165, 1.54) is 0 Å². The molecule has 0 spiro atoms. The Morgan fingerprint density at radius 2 is 1.92 bits per heavy atom. The zero-order chi connectivity index (χ0) is 18.0. The van der Waals surface area contributed by atoms with Crippen LogP contribution >= 0.6 is 0 Å². The van der Waals surface area contributed by atoms with Gasteiger partial charge in [0.2, 0.25) is 12.7 Å². The molecule has 7 nitrogen and oxygen atoms in total. The number of likely N-dealkylation sites (N-methyl/N-ethyl adjacent to an activating group) is 1. The SMILES string of the molecule is CC1NNC(C)C1CCNC(=O)C(c1ccc2c(c1)OCO2)N(C)C. The quantitative estimate of drug-likeness (QED) is 0.713. The second-order valence-corrected chi connectivity index (χ2v) is 7.09. The van der Waals surface area contributed by atoms with Gasteiger partial charge in [-0.15, -0.1) is 0 Å². The van der Waals surface area contributed by atoms with E-state index in [4.69, 9.17) is 9.47 Å². The van der Waals surface area contributed by atoms with Crippen LogP contribution in [0, 0.1) is 5.92 Å². The summed E-state index contributed by atoms with van der Waals surface area (Å²) in [5, 5.41) is 3.09. The molecule has 1 fully saturated rings. The van der Waals surface area contributed by atoms with E-state index in [9.17, 15) is 4.79 Å². The molecule has 0 aromatic heterocycles. The molecule has 0 radical (unpaired) electrons. The zero-order valence-corrected chi connectivity index (χ0v) is 15.3. The molecular weight excluding hydrogens is 320 g/mol. The van der Waals surface area contributed by atoms with E-state index >= 15 is 0 Å². The maximum atomic E-state index is 12.8. The number of rotatable bonds is 6. The van der Waals surface area contributed by atoms with Crippen molar-refractivity contribution in [3.63, 3.8) is 0 Å². The van der Waals surface area contributed by atoms with Gasteiger partial charge in [0, 0.05) is 18.6 Å². The highest BCUT2D eigenvalue weighted by Gasteiger charge is 2.30. The average Bonchev–Trinajstić information content (AvgIpc) is 3.15. The van der Waals surface area contributed by atoms with Gasteiger partial charge in [0.05, 0.1) is 0 Å². The van der Waals surface area contributed by atoms with E-state index in [1.807, 2.05) is 37.2 Å².